The van der Waals surface area contributed by atoms with Crippen LogP contribution in [-0.2, 0) is 19.6 Å². The molecular formula is C18H21N3O4S. The normalized spacial score (nSPS) is 17.8. The summed E-state index contributed by atoms with van der Waals surface area (Å²) in [7, 11) is -3.65. The van der Waals surface area contributed by atoms with E-state index in [2.05, 4.69) is 9.71 Å². The molecule has 0 aliphatic carbocycles. The maximum absolute atomic E-state index is 12.4. The minimum Gasteiger partial charge on any atom is -0.370 e. The summed E-state index contributed by atoms with van der Waals surface area (Å²) in [5.74, 6) is -0.0943. The highest BCUT2D eigenvalue weighted by Gasteiger charge is 2.25. The van der Waals surface area contributed by atoms with Crippen molar-refractivity contribution < 1.29 is 17.9 Å². The molecule has 1 aliphatic rings. The first-order valence-corrected chi connectivity index (χ1v) is 9.88. The Balaban J connectivity index is 1.52. The number of morpholine rings is 1. The predicted molar refractivity (Wildman–Crippen MR) is 95.8 cm³/mol. The molecule has 1 saturated heterocycles. The highest BCUT2D eigenvalue weighted by Crippen LogP contribution is 2.22. The van der Waals surface area contributed by atoms with Gasteiger partial charge in [-0.3, -0.25) is 9.78 Å². The van der Waals surface area contributed by atoms with Gasteiger partial charge in [0.15, 0.2) is 0 Å². The second kappa shape index (κ2) is 8.39. The molecule has 1 aliphatic heterocycles. The van der Waals surface area contributed by atoms with Crippen molar-refractivity contribution in [3.63, 3.8) is 0 Å². The lowest BCUT2D eigenvalue weighted by Gasteiger charge is -2.33. The van der Waals surface area contributed by atoms with Gasteiger partial charge in [-0.25, -0.2) is 13.1 Å². The van der Waals surface area contributed by atoms with Crippen molar-refractivity contribution in [3.8, 4) is 0 Å². The number of hydrogen-bond donors (Lipinski definition) is 1. The summed E-state index contributed by atoms with van der Waals surface area (Å²) in [6, 6.07) is 12.8. The van der Waals surface area contributed by atoms with E-state index in [9.17, 15) is 13.2 Å². The number of sulfonamides is 1. The number of carbonyl (C=O) groups is 1. The van der Waals surface area contributed by atoms with Gasteiger partial charge in [-0.2, -0.15) is 0 Å². The van der Waals surface area contributed by atoms with Gasteiger partial charge in [0.1, 0.15) is 11.0 Å². The van der Waals surface area contributed by atoms with E-state index in [1.54, 1.807) is 11.0 Å². The zero-order chi connectivity index (χ0) is 18.4. The standard InChI is InChI=1S/C18H21N3O4S/c22-18(8-10-20-26(23,24)16-7-4-9-19-13-16)21-11-12-25-17(14-21)15-5-2-1-3-6-15/h1-7,9,13,17,20H,8,10-12,14H2/t17-/m1/s1. The van der Waals surface area contributed by atoms with Gasteiger partial charge in [0, 0.05) is 31.9 Å². The van der Waals surface area contributed by atoms with E-state index in [0.29, 0.717) is 19.7 Å². The Morgan fingerprint density at radius 2 is 2.04 bits per heavy atom. The second-order valence-electron chi connectivity index (χ2n) is 5.95. The number of benzene rings is 1. The number of nitrogens with zero attached hydrogens (tertiary/aromatic N) is 2. The molecule has 26 heavy (non-hydrogen) atoms. The zero-order valence-corrected chi connectivity index (χ0v) is 15.1. The summed E-state index contributed by atoms with van der Waals surface area (Å²) in [6.07, 6.45) is 2.72. The number of nitrogens with one attached hydrogen (secondary N) is 1. The lowest BCUT2D eigenvalue weighted by Crippen LogP contribution is -2.43. The van der Waals surface area contributed by atoms with E-state index < -0.39 is 10.0 Å². The first kappa shape index (κ1) is 18.5. The fraction of sp³-hybridized carbons (Fsp3) is 0.333. The van der Waals surface area contributed by atoms with E-state index in [4.69, 9.17) is 4.74 Å². The second-order valence-corrected chi connectivity index (χ2v) is 7.71. The van der Waals surface area contributed by atoms with Gasteiger partial charge in [-0.15, -0.1) is 0 Å². The molecule has 0 spiro atoms. The first-order valence-electron chi connectivity index (χ1n) is 8.40. The predicted octanol–water partition coefficient (Wildman–Crippen LogP) is 1.35. The number of rotatable bonds is 6. The van der Waals surface area contributed by atoms with E-state index in [1.807, 2.05) is 30.3 Å². The topological polar surface area (TPSA) is 88.6 Å². The fourth-order valence-corrected chi connectivity index (χ4v) is 3.78. The number of pyridine rings is 1. The number of carbonyl (C=O) groups excluding carboxylic acids is 1. The van der Waals surface area contributed by atoms with Crippen LogP contribution in [0.3, 0.4) is 0 Å². The van der Waals surface area contributed by atoms with Gasteiger partial charge in [0.05, 0.1) is 13.2 Å². The van der Waals surface area contributed by atoms with Crippen LogP contribution in [0, 0.1) is 0 Å². The number of ether oxygens (including phenoxy) is 1. The van der Waals surface area contributed by atoms with Crippen LogP contribution in [0.5, 0.6) is 0 Å². The molecule has 2 aromatic rings. The third-order valence-electron chi connectivity index (χ3n) is 4.17. The molecule has 0 radical (unpaired) electrons. The summed E-state index contributed by atoms with van der Waals surface area (Å²) in [5.41, 5.74) is 1.03. The molecule has 1 amide bonds. The van der Waals surface area contributed by atoms with Crippen LogP contribution in [0.25, 0.3) is 0 Å². The Morgan fingerprint density at radius 1 is 1.23 bits per heavy atom. The van der Waals surface area contributed by atoms with Crippen LogP contribution < -0.4 is 4.72 Å². The molecular weight excluding hydrogens is 354 g/mol. The minimum atomic E-state index is -3.65. The van der Waals surface area contributed by atoms with Crippen molar-refractivity contribution in [1.82, 2.24) is 14.6 Å². The smallest absolute Gasteiger partial charge is 0.242 e. The Kier molecular flexibility index (Phi) is 5.97. The van der Waals surface area contributed by atoms with Crippen molar-refractivity contribution >= 4 is 15.9 Å². The van der Waals surface area contributed by atoms with Crippen molar-refractivity contribution in [2.24, 2.45) is 0 Å². The lowest BCUT2D eigenvalue weighted by atomic mass is 10.1. The van der Waals surface area contributed by atoms with Crippen LogP contribution in [0.2, 0.25) is 0 Å². The van der Waals surface area contributed by atoms with E-state index in [0.717, 1.165) is 5.56 Å². The Labute approximate surface area is 153 Å². The highest BCUT2D eigenvalue weighted by molar-refractivity contribution is 7.89. The number of hydrogen-bond acceptors (Lipinski definition) is 5. The van der Waals surface area contributed by atoms with Crippen LogP contribution in [-0.4, -0.2) is 50.5 Å². The highest BCUT2D eigenvalue weighted by atomic mass is 32.2. The number of amides is 1. The van der Waals surface area contributed by atoms with Gasteiger partial charge in [-0.05, 0) is 17.7 Å². The van der Waals surface area contributed by atoms with Crippen molar-refractivity contribution in [2.45, 2.75) is 17.4 Å². The first-order chi connectivity index (χ1) is 12.6. The number of aromatic nitrogens is 1. The maximum atomic E-state index is 12.4. The summed E-state index contributed by atoms with van der Waals surface area (Å²) >= 11 is 0. The molecule has 1 fully saturated rings. The Hall–Kier alpha value is -2.29. The summed E-state index contributed by atoms with van der Waals surface area (Å²) in [4.78, 5) is 18.0. The zero-order valence-electron chi connectivity index (χ0n) is 14.2. The largest absolute Gasteiger partial charge is 0.370 e. The average molecular weight is 375 g/mol. The molecule has 8 heteroatoms. The summed E-state index contributed by atoms with van der Waals surface area (Å²) < 4.78 is 32.5. The monoisotopic (exact) mass is 375 g/mol. The molecule has 1 aromatic heterocycles. The van der Waals surface area contributed by atoms with Crippen LogP contribution in [0.15, 0.2) is 59.8 Å². The molecule has 1 aromatic carbocycles. The van der Waals surface area contributed by atoms with Crippen LogP contribution in [0.1, 0.15) is 18.1 Å². The van der Waals surface area contributed by atoms with Gasteiger partial charge in [0.25, 0.3) is 0 Å². The summed E-state index contributed by atoms with van der Waals surface area (Å²) in [6.45, 7) is 1.49. The van der Waals surface area contributed by atoms with Crippen molar-refractivity contribution in [3.05, 3.63) is 60.4 Å². The Bertz CT molecular complexity index is 828. The van der Waals surface area contributed by atoms with Crippen molar-refractivity contribution in [2.75, 3.05) is 26.2 Å². The molecule has 0 bridgehead atoms. The van der Waals surface area contributed by atoms with E-state index >= 15 is 0 Å². The molecule has 1 N–H and O–H groups in total. The average Bonchev–Trinajstić information content (AvgIpc) is 2.69. The maximum Gasteiger partial charge on any atom is 0.242 e. The third-order valence-corrected chi connectivity index (χ3v) is 5.61. The summed E-state index contributed by atoms with van der Waals surface area (Å²) in [5, 5.41) is 0. The minimum absolute atomic E-state index is 0.0451. The Morgan fingerprint density at radius 3 is 2.77 bits per heavy atom. The van der Waals surface area contributed by atoms with Gasteiger partial charge in [-0.1, -0.05) is 30.3 Å². The molecule has 2 heterocycles. The third kappa shape index (κ3) is 4.66. The molecule has 138 valence electrons. The van der Waals surface area contributed by atoms with Crippen LogP contribution in [0.4, 0.5) is 0 Å². The molecule has 0 saturated carbocycles. The van der Waals surface area contributed by atoms with Gasteiger partial charge < -0.3 is 9.64 Å². The molecule has 7 nitrogen and oxygen atoms in total. The quantitative estimate of drug-likeness (QED) is 0.823. The molecule has 3 rings (SSSR count). The van der Waals surface area contributed by atoms with Gasteiger partial charge in [0.2, 0.25) is 15.9 Å². The van der Waals surface area contributed by atoms with E-state index in [1.165, 1.54) is 18.5 Å². The SMILES string of the molecule is O=C(CCNS(=O)(=O)c1cccnc1)N1CCO[C@@H](c2ccccc2)C1. The molecule has 1 atom stereocenters. The molecule has 0 unspecified atom stereocenters. The fourth-order valence-electron chi connectivity index (χ4n) is 2.78. The van der Waals surface area contributed by atoms with Crippen molar-refractivity contribution in [1.29, 1.82) is 0 Å². The lowest BCUT2D eigenvalue weighted by molar-refractivity contribution is -0.138. The van der Waals surface area contributed by atoms with Gasteiger partial charge >= 0.3 is 0 Å². The van der Waals surface area contributed by atoms with Crippen LogP contribution >= 0.6 is 0 Å². The van der Waals surface area contributed by atoms with E-state index in [-0.39, 0.29) is 29.9 Å².